The van der Waals surface area contributed by atoms with Crippen LogP contribution < -0.4 is 5.32 Å². The molecule has 0 aliphatic carbocycles. The van der Waals surface area contributed by atoms with E-state index in [2.05, 4.69) is 154 Å². The third-order valence-corrected chi connectivity index (χ3v) is 8.04. The second kappa shape index (κ2) is 35.3. The lowest BCUT2D eigenvalue weighted by molar-refractivity contribution is -0.302. The van der Waals surface area contributed by atoms with E-state index < -0.39 is 55.4 Å². The first-order valence-corrected chi connectivity index (χ1v) is 19.2. The van der Waals surface area contributed by atoms with Crippen LogP contribution in [-0.2, 0) is 14.3 Å². The van der Waals surface area contributed by atoms with Crippen molar-refractivity contribution in [1.29, 1.82) is 0 Å². The molecule has 6 N–H and O–H groups in total. The molecule has 0 spiro atoms. The molecular weight excluding hydrogens is 731 g/mol. The van der Waals surface area contributed by atoms with E-state index in [1.807, 2.05) is 0 Å². The summed E-state index contributed by atoms with van der Waals surface area (Å²) in [6, 6.07) is -0.958. The van der Waals surface area contributed by atoms with Gasteiger partial charge in [-0.25, -0.2) is 0 Å². The predicted molar refractivity (Wildman–Crippen MR) is 222 cm³/mol. The van der Waals surface area contributed by atoms with Gasteiger partial charge in [0, 0.05) is 41.4 Å². The maximum absolute atomic E-state index is 12.6. The van der Waals surface area contributed by atoms with Crippen LogP contribution in [0.4, 0.5) is 0 Å². The van der Waals surface area contributed by atoms with Crippen LogP contribution in [0.15, 0.2) is 0 Å². The summed E-state index contributed by atoms with van der Waals surface area (Å²) in [6.07, 6.45) is 5.87. The van der Waals surface area contributed by atoms with E-state index >= 15 is 0 Å². The Kier molecular flexibility index (Phi) is 30.4. The molecule has 1 aliphatic rings. The molecule has 1 heterocycles. The van der Waals surface area contributed by atoms with Crippen LogP contribution in [0, 0.1) is 142 Å². The van der Waals surface area contributed by atoms with Gasteiger partial charge in [0.25, 0.3) is 5.91 Å². The summed E-state index contributed by atoms with van der Waals surface area (Å²) in [6.45, 7) is 2.96. The molecule has 9 nitrogen and oxygen atoms in total. The summed E-state index contributed by atoms with van der Waals surface area (Å²) in [5, 5.41) is 53.6. The van der Waals surface area contributed by atoms with Crippen molar-refractivity contribution in [2.24, 2.45) is 0 Å². The Hall–Kier alpha value is -6.09. The van der Waals surface area contributed by atoms with E-state index in [0.717, 1.165) is 19.3 Å². The normalized spacial score (nSPS) is 17.4. The Morgan fingerprint density at radius 1 is 0.586 bits per heavy atom. The first-order chi connectivity index (χ1) is 28.3. The Morgan fingerprint density at radius 2 is 0.983 bits per heavy atom. The topological polar surface area (TPSA) is 149 Å². The molecular formula is C49H49NO8. The third-order valence-electron chi connectivity index (χ3n) is 8.04. The van der Waals surface area contributed by atoms with Gasteiger partial charge >= 0.3 is 0 Å². The number of hydrogen-bond donors (Lipinski definition) is 6. The van der Waals surface area contributed by atoms with Crippen molar-refractivity contribution >= 4 is 5.91 Å². The molecule has 2 unspecified atom stereocenters. The largest absolute Gasteiger partial charge is 0.394 e. The molecule has 1 saturated heterocycles. The lowest BCUT2D eigenvalue weighted by Gasteiger charge is -2.40. The fourth-order valence-electron chi connectivity index (χ4n) is 5.03. The number of nitrogens with one attached hydrogen (secondary N) is 1. The average Bonchev–Trinajstić information content (AvgIpc) is 3.22. The molecule has 1 amide bonds. The zero-order valence-corrected chi connectivity index (χ0v) is 33.1. The minimum absolute atomic E-state index is 0.318. The summed E-state index contributed by atoms with van der Waals surface area (Å²) in [4.78, 5) is 12.6. The maximum atomic E-state index is 12.6. The molecule has 0 saturated carbocycles. The van der Waals surface area contributed by atoms with E-state index in [-0.39, 0.29) is 6.61 Å². The summed E-state index contributed by atoms with van der Waals surface area (Å²) in [5.74, 6) is 58.9. The van der Waals surface area contributed by atoms with Crippen molar-refractivity contribution < 1.29 is 39.8 Å². The first-order valence-electron chi connectivity index (χ1n) is 19.2. The molecule has 0 aromatic carbocycles. The minimum Gasteiger partial charge on any atom is -0.394 e. The van der Waals surface area contributed by atoms with Gasteiger partial charge in [0.2, 0.25) is 0 Å². The third kappa shape index (κ3) is 25.9. The fraction of sp³-hybridized carbons (Fsp3) is 0.490. The highest BCUT2D eigenvalue weighted by Crippen LogP contribution is 2.22. The van der Waals surface area contributed by atoms with Crippen LogP contribution in [0.25, 0.3) is 0 Å². The number of carbonyl (C=O) groups is 1. The Bertz CT molecular complexity index is 2080. The van der Waals surface area contributed by atoms with Crippen molar-refractivity contribution in [3.63, 3.8) is 0 Å². The van der Waals surface area contributed by atoms with Crippen LogP contribution in [0.1, 0.15) is 97.3 Å². The quantitative estimate of drug-likeness (QED) is 0.0860. The molecule has 7 atom stereocenters. The Balaban J connectivity index is 2.68. The molecule has 9 heteroatoms. The van der Waals surface area contributed by atoms with Crippen molar-refractivity contribution in [3.8, 4) is 142 Å². The Morgan fingerprint density at radius 3 is 1.40 bits per heavy atom. The lowest BCUT2D eigenvalue weighted by Crippen LogP contribution is -2.60. The van der Waals surface area contributed by atoms with Crippen LogP contribution in [0.2, 0.25) is 0 Å². The maximum Gasteiger partial charge on any atom is 0.297 e. The monoisotopic (exact) mass is 779 g/mol. The smallest absolute Gasteiger partial charge is 0.297 e. The number of amides is 1. The van der Waals surface area contributed by atoms with Gasteiger partial charge < -0.3 is 40.3 Å². The number of carbonyl (C=O) groups excluding carboxylic acids is 1. The van der Waals surface area contributed by atoms with E-state index in [1.54, 1.807) is 6.92 Å². The summed E-state index contributed by atoms with van der Waals surface area (Å²) >= 11 is 0. The molecule has 0 aromatic heterocycles. The van der Waals surface area contributed by atoms with E-state index in [0.29, 0.717) is 12.8 Å². The summed E-state index contributed by atoms with van der Waals surface area (Å²) < 4.78 is 11.0. The number of ether oxygens (including phenoxy) is 2. The molecule has 1 rings (SSSR count). The lowest BCUT2D eigenvalue weighted by atomic mass is 9.99. The van der Waals surface area contributed by atoms with E-state index in [1.165, 1.54) is 51.4 Å². The highest BCUT2D eigenvalue weighted by molar-refractivity contribution is 5.94. The van der Waals surface area contributed by atoms with Gasteiger partial charge in [0.05, 0.1) is 25.4 Å². The molecule has 0 aromatic rings. The summed E-state index contributed by atoms with van der Waals surface area (Å²) in [7, 11) is 0. The minimum atomic E-state index is -1.63. The van der Waals surface area contributed by atoms with Gasteiger partial charge in [-0.05, 0) is 108 Å². The number of aliphatic hydroxyl groups excluding tert-OH is 5. The predicted octanol–water partition coefficient (Wildman–Crippen LogP) is 1.80. The molecule has 0 radical (unpaired) electrons. The first kappa shape index (κ1) is 49.9. The van der Waals surface area contributed by atoms with Crippen LogP contribution >= 0.6 is 0 Å². The van der Waals surface area contributed by atoms with Crippen LogP contribution in [0.3, 0.4) is 0 Å². The van der Waals surface area contributed by atoms with Gasteiger partial charge in [-0.2, -0.15) is 0 Å². The van der Waals surface area contributed by atoms with Gasteiger partial charge in [0.1, 0.15) is 24.4 Å². The second-order valence-electron chi connectivity index (χ2n) is 12.5. The zero-order chi connectivity index (χ0) is 42.3. The van der Waals surface area contributed by atoms with Crippen LogP contribution in [0.5, 0.6) is 0 Å². The van der Waals surface area contributed by atoms with Crippen molar-refractivity contribution in [1.82, 2.24) is 5.32 Å². The summed E-state index contributed by atoms with van der Waals surface area (Å²) in [5.41, 5.74) is 0. The molecule has 0 bridgehead atoms. The van der Waals surface area contributed by atoms with Crippen molar-refractivity contribution in [2.75, 3.05) is 13.2 Å². The van der Waals surface area contributed by atoms with E-state index in [4.69, 9.17) is 9.47 Å². The van der Waals surface area contributed by atoms with Gasteiger partial charge in [-0.15, -0.1) is 0 Å². The molecule has 1 fully saturated rings. The highest BCUT2D eigenvalue weighted by atomic mass is 16.7. The highest BCUT2D eigenvalue weighted by Gasteiger charge is 2.44. The number of unbranched alkanes of at least 4 members (excludes halogenated alkanes) is 11. The number of hydrogen-bond acceptors (Lipinski definition) is 8. The van der Waals surface area contributed by atoms with Gasteiger partial charge in [0.15, 0.2) is 6.29 Å². The average molecular weight is 780 g/mol. The molecule has 1 aliphatic heterocycles. The molecule has 298 valence electrons. The van der Waals surface area contributed by atoms with Crippen molar-refractivity contribution in [2.45, 2.75) is 140 Å². The van der Waals surface area contributed by atoms with E-state index in [9.17, 15) is 30.3 Å². The van der Waals surface area contributed by atoms with Crippen LogP contribution in [-0.4, -0.2) is 87.5 Å². The fourth-order valence-corrected chi connectivity index (χ4v) is 5.03. The SMILES string of the molecule is CC#CC#CC#CC#CC#CC#CC#CC#CC#CC#CC#CC#CC(=O)N[C@@H](CO[C@@H]1OC(CO)[C@H](O)[C@H](O)C1O)[C@H](O)CCCCCCCCCCCCCC. The zero-order valence-electron chi connectivity index (χ0n) is 33.1. The second-order valence-corrected chi connectivity index (χ2v) is 12.5. The standard InChI is InChI=1S/C49H49NO8/c1-3-5-7-9-11-13-15-17-18-19-20-21-22-23-24-25-26-27-29-31-33-35-37-39-45(53)50-42(41-57-49-48(56)47(55)46(54)44(40-51)58-49)43(52)38-36-34-32-30-28-16-14-12-10-8-6-4-2/h42-44,46-49,51-52,54-56H,4,6,8,10,12,14,16,28,30,32,34,36,38,40-41H2,1-2H3,(H,50,53)/t42-,43+,44?,46-,47-,48?,49+/m0/s1. The molecule has 58 heavy (non-hydrogen) atoms. The Labute approximate surface area is 345 Å². The van der Waals surface area contributed by atoms with Gasteiger partial charge in [-0.1, -0.05) is 89.9 Å². The number of rotatable bonds is 19. The van der Waals surface area contributed by atoms with Crippen molar-refractivity contribution in [3.05, 3.63) is 0 Å². The number of aliphatic hydroxyl groups is 5. The van der Waals surface area contributed by atoms with Gasteiger partial charge in [-0.3, -0.25) is 4.79 Å².